The average molecular weight is 323 g/mol. The molecule has 0 bridgehead atoms. The summed E-state index contributed by atoms with van der Waals surface area (Å²) < 4.78 is 47.1. The quantitative estimate of drug-likeness (QED) is 0.505. The molecular formula is C11H18NO6PS. The van der Waals surface area contributed by atoms with Crippen LogP contribution in [0, 0.1) is 0 Å². The van der Waals surface area contributed by atoms with Crippen molar-refractivity contribution in [2.24, 2.45) is 5.73 Å². The van der Waals surface area contributed by atoms with E-state index in [1.165, 1.54) is 7.11 Å². The number of rotatable bonds is 7. The molecule has 7 nitrogen and oxygen atoms in total. The van der Waals surface area contributed by atoms with E-state index in [2.05, 4.69) is 0 Å². The summed E-state index contributed by atoms with van der Waals surface area (Å²) in [6.07, 6.45) is -0.509. The van der Waals surface area contributed by atoms with Gasteiger partial charge in [-0.15, -0.1) is 0 Å². The summed E-state index contributed by atoms with van der Waals surface area (Å²) in [5.41, 5.74) is 6.09. The maximum absolute atomic E-state index is 12.2. The first-order valence-electron chi connectivity index (χ1n) is 5.80. The molecule has 0 saturated heterocycles. The summed E-state index contributed by atoms with van der Waals surface area (Å²) in [6.45, 7) is 0. The lowest BCUT2D eigenvalue weighted by atomic mass is 10.2. The second-order valence-corrected chi connectivity index (χ2v) is 8.43. The Morgan fingerprint density at radius 2 is 2.00 bits per heavy atom. The summed E-state index contributed by atoms with van der Waals surface area (Å²) >= 11 is 0. The fourth-order valence-corrected chi connectivity index (χ4v) is 3.91. The summed E-state index contributed by atoms with van der Waals surface area (Å²) in [7, 11) is -6.57. The maximum Gasteiger partial charge on any atom is 0.264 e. The van der Waals surface area contributed by atoms with Gasteiger partial charge < -0.3 is 15.4 Å². The summed E-state index contributed by atoms with van der Waals surface area (Å²) in [5.74, 6) is -1.41. The van der Waals surface area contributed by atoms with Crippen LogP contribution in [0.25, 0.3) is 0 Å². The highest BCUT2D eigenvalue weighted by molar-refractivity contribution is 7.85. The van der Waals surface area contributed by atoms with Gasteiger partial charge in [-0.05, 0) is 12.5 Å². The molecule has 0 aliphatic carbocycles. The zero-order chi connectivity index (χ0) is 15.4. The van der Waals surface area contributed by atoms with Gasteiger partial charge in [0.05, 0.1) is 24.8 Å². The molecule has 1 rings (SSSR count). The number of ether oxygens (including phenoxy) is 1. The molecule has 4 N–H and O–H groups in total. The van der Waals surface area contributed by atoms with Gasteiger partial charge in [-0.3, -0.25) is 9.12 Å². The third-order valence-electron chi connectivity index (χ3n) is 2.78. The summed E-state index contributed by atoms with van der Waals surface area (Å²) in [6, 6.07) is 6.71. The number of nitrogens with two attached hydrogens (primary N) is 1. The highest BCUT2D eigenvalue weighted by Crippen LogP contribution is 2.49. The minimum atomic E-state index is -4.20. The molecule has 0 fully saturated rings. The second-order valence-electron chi connectivity index (χ2n) is 4.37. The first-order valence-corrected chi connectivity index (χ1v) is 9.32. The van der Waals surface area contributed by atoms with Gasteiger partial charge in [0.25, 0.3) is 10.1 Å². The highest BCUT2D eigenvalue weighted by atomic mass is 32.2. The molecule has 1 aromatic rings. The van der Waals surface area contributed by atoms with Crippen molar-refractivity contribution in [3.63, 3.8) is 0 Å². The van der Waals surface area contributed by atoms with Crippen LogP contribution < -0.4 is 10.5 Å². The van der Waals surface area contributed by atoms with Crippen LogP contribution in [0.4, 0.5) is 0 Å². The van der Waals surface area contributed by atoms with Crippen molar-refractivity contribution in [1.29, 1.82) is 0 Å². The monoisotopic (exact) mass is 323 g/mol. The fraction of sp³-hybridized carbons (Fsp3) is 0.455. The Balaban J connectivity index is 2.81. The first kappa shape index (κ1) is 17.1. The Hall–Kier alpha value is -0.920. The van der Waals surface area contributed by atoms with Crippen molar-refractivity contribution in [3.05, 3.63) is 29.8 Å². The zero-order valence-corrected chi connectivity index (χ0v) is 12.7. The number of methoxy groups -OCH3 is 1. The molecule has 20 heavy (non-hydrogen) atoms. The molecule has 0 amide bonds. The van der Waals surface area contributed by atoms with E-state index in [0.29, 0.717) is 11.3 Å². The van der Waals surface area contributed by atoms with Crippen LogP contribution in [0.1, 0.15) is 12.0 Å². The summed E-state index contributed by atoms with van der Waals surface area (Å²) in [5, 5.41) is 0. The number of hydrogen-bond donors (Lipinski definition) is 3. The van der Waals surface area contributed by atoms with E-state index in [0.717, 1.165) is 0 Å². The molecule has 0 aromatic heterocycles. The van der Waals surface area contributed by atoms with Gasteiger partial charge in [-0.2, -0.15) is 8.42 Å². The molecule has 2 unspecified atom stereocenters. The molecule has 0 aliphatic heterocycles. The van der Waals surface area contributed by atoms with Gasteiger partial charge in [0.1, 0.15) is 5.75 Å². The van der Waals surface area contributed by atoms with Crippen molar-refractivity contribution in [1.82, 2.24) is 0 Å². The Labute approximate surface area is 118 Å². The van der Waals surface area contributed by atoms with Crippen LogP contribution in [-0.4, -0.2) is 36.5 Å². The highest BCUT2D eigenvalue weighted by Gasteiger charge is 2.29. The molecule has 0 spiro atoms. The average Bonchev–Trinajstić information content (AvgIpc) is 2.35. The van der Waals surface area contributed by atoms with E-state index in [9.17, 15) is 17.9 Å². The molecule has 114 valence electrons. The molecule has 0 radical (unpaired) electrons. The van der Waals surface area contributed by atoms with Crippen molar-refractivity contribution >= 4 is 17.5 Å². The van der Waals surface area contributed by atoms with Crippen LogP contribution in [0.2, 0.25) is 0 Å². The van der Waals surface area contributed by atoms with Gasteiger partial charge in [0, 0.05) is 5.56 Å². The van der Waals surface area contributed by atoms with Gasteiger partial charge >= 0.3 is 0 Å². The molecule has 2 atom stereocenters. The second kappa shape index (κ2) is 6.69. The third-order valence-corrected chi connectivity index (χ3v) is 5.62. The normalized spacial score (nSPS) is 16.4. The first-order chi connectivity index (χ1) is 9.15. The van der Waals surface area contributed by atoms with E-state index in [4.69, 9.17) is 15.0 Å². The molecule has 1 aromatic carbocycles. The molecule has 0 heterocycles. The summed E-state index contributed by atoms with van der Waals surface area (Å²) in [4.78, 5) is 9.95. The van der Waals surface area contributed by atoms with Crippen LogP contribution >= 0.6 is 7.37 Å². The topological polar surface area (TPSA) is 127 Å². The van der Waals surface area contributed by atoms with Crippen molar-refractivity contribution < 1.29 is 27.2 Å². The van der Waals surface area contributed by atoms with Crippen molar-refractivity contribution in [2.75, 3.05) is 12.9 Å². The van der Waals surface area contributed by atoms with E-state index in [1.54, 1.807) is 24.3 Å². The van der Waals surface area contributed by atoms with Crippen LogP contribution in [0.3, 0.4) is 0 Å². The number of para-hydroxylation sites is 1. The lowest BCUT2D eigenvalue weighted by Crippen LogP contribution is -2.24. The largest absolute Gasteiger partial charge is 0.496 e. The maximum atomic E-state index is 12.2. The number of hydrogen-bond acceptors (Lipinski definition) is 5. The zero-order valence-electron chi connectivity index (χ0n) is 11.0. The van der Waals surface area contributed by atoms with E-state index in [1.807, 2.05) is 0 Å². The van der Waals surface area contributed by atoms with Gasteiger partial charge in [-0.1, -0.05) is 18.2 Å². The van der Waals surface area contributed by atoms with Crippen molar-refractivity contribution in [3.8, 4) is 5.75 Å². The van der Waals surface area contributed by atoms with Gasteiger partial charge in [0.15, 0.2) is 0 Å². The minimum absolute atomic E-state index is 0.219. The lowest BCUT2D eigenvalue weighted by molar-refractivity contribution is 0.409. The van der Waals surface area contributed by atoms with Crippen LogP contribution in [-0.2, 0) is 20.8 Å². The van der Waals surface area contributed by atoms with Gasteiger partial charge in [-0.25, -0.2) is 0 Å². The molecule has 0 aliphatic rings. The molecule has 9 heteroatoms. The van der Waals surface area contributed by atoms with E-state index < -0.39 is 29.0 Å². The lowest BCUT2D eigenvalue weighted by Gasteiger charge is -2.19. The number of benzene rings is 1. The fourth-order valence-electron chi connectivity index (χ4n) is 1.67. The van der Waals surface area contributed by atoms with E-state index >= 15 is 0 Å². The Kier molecular flexibility index (Phi) is 5.73. The SMILES string of the molecule is COc1ccccc1CP(=O)(O)C(N)CCS(=O)(=O)O. The third kappa shape index (κ3) is 5.22. The molecular weight excluding hydrogens is 305 g/mol. The smallest absolute Gasteiger partial charge is 0.264 e. The predicted molar refractivity (Wildman–Crippen MR) is 75.5 cm³/mol. The van der Waals surface area contributed by atoms with Gasteiger partial charge in [0.2, 0.25) is 7.37 Å². The standard InChI is InChI=1S/C11H18NO6PS/c1-18-10-5-3-2-4-9(10)8-19(13,14)11(12)6-7-20(15,16)17/h2-5,11H,6-8,12H2,1H3,(H,13,14)(H,15,16,17). The molecule has 0 saturated carbocycles. The van der Waals surface area contributed by atoms with Crippen molar-refractivity contribution in [2.45, 2.75) is 18.4 Å². The Morgan fingerprint density at radius 1 is 1.40 bits per heavy atom. The Bertz CT molecular complexity index is 603. The Morgan fingerprint density at radius 3 is 2.55 bits per heavy atom. The van der Waals surface area contributed by atoms with E-state index in [-0.39, 0.29) is 12.6 Å². The predicted octanol–water partition coefficient (Wildman–Crippen LogP) is 1.03. The van der Waals surface area contributed by atoms with Crippen LogP contribution in [0.5, 0.6) is 5.75 Å². The van der Waals surface area contributed by atoms with Crippen LogP contribution in [0.15, 0.2) is 24.3 Å². The minimum Gasteiger partial charge on any atom is -0.496 e.